The lowest BCUT2D eigenvalue weighted by molar-refractivity contribution is 0.0792. The Morgan fingerprint density at radius 3 is 2.10 bits per heavy atom. The van der Waals surface area contributed by atoms with Crippen molar-refractivity contribution in [1.29, 1.82) is 0 Å². The fraction of sp³-hybridized carbons (Fsp3) is 0.261. The summed E-state index contributed by atoms with van der Waals surface area (Å²) in [6.07, 6.45) is 2.14. The maximum Gasteiger partial charge on any atom is 0.255 e. The monoisotopic (exact) mass is 388 g/mol. The van der Waals surface area contributed by atoms with Crippen LogP contribution in [0.15, 0.2) is 54.6 Å². The van der Waals surface area contributed by atoms with Crippen LogP contribution in [0.3, 0.4) is 0 Å². The highest BCUT2D eigenvalue weighted by molar-refractivity contribution is 6.04. The second-order valence-electron chi connectivity index (χ2n) is 7.42. The number of hydrogen-bond donors (Lipinski definition) is 1. The molecule has 4 rings (SSSR count). The highest BCUT2D eigenvalue weighted by Gasteiger charge is 2.19. The SMILES string of the molecule is Cc1cc(C)n(-c2ccc(C(=O)Nc3ccc(C(=O)N4CCCC4)cc3)cc2)n1. The Kier molecular flexibility index (Phi) is 5.16. The summed E-state index contributed by atoms with van der Waals surface area (Å²) in [6, 6.07) is 16.4. The lowest BCUT2D eigenvalue weighted by Gasteiger charge is -2.15. The smallest absolute Gasteiger partial charge is 0.255 e. The van der Waals surface area contributed by atoms with Gasteiger partial charge in [-0.2, -0.15) is 5.10 Å². The summed E-state index contributed by atoms with van der Waals surface area (Å²) in [5.74, 6) is -0.136. The van der Waals surface area contributed by atoms with Gasteiger partial charge in [0.25, 0.3) is 11.8 Å². The fourth-order valence-electron chi connectivity index (χ4n) is 3.65. The van der Waals surface area contributed by atoms with Gasteiger partial charge in [-0.25, -0.2) is 4.68 Å². The summed E-state index contributed by atoms with van der Waals surface area (Å²) in [4.78, 5) is 26.8. The molecule has 0 atom stereocenters. The Morgan fingerprint density at radius 2 is 1.52 bits per heavy atom. The standard InChI is InChI=1S/C23H24N4O2/c1-16-15-17(2)27(25-16)21-11-7-18(8-12-21)22(28)24-20-9-5-19(6-10-20)23(29)26-13-3-4-14-26/h5-12,15H,3-4,13-14H2,1-2H3,(H,24,28). The van der Waals surface area contributed by atoms with Crippen LogP contribution in [0.1, 0.15) is 44.9 Å². The molecule has 1 saturated heterocycles. The predicted octanol–water partition coefficient (Wildman–Crippen LogP) is 3.98. The molecule has 6 nitrogen and oxygen atoms in total. The third kappa shape index (κ3) is 4.06. The Morgan fingerprint density at radius 1 is 0.897 bits per heavy atom. The Bertz CT molecular complexity index is 1030. The highest BCUT2D eigenvalue weighted by Crippen LogP contribution is 2.17. The predicted molar refractivity (Wildman–Crippen MR) is 113 cm³/mol. The second-order valence-corrected chi connectivity index (χ2v) is 7.42. The third-order valence-corrected chi connectivity index (χ3v) is 5.17. The first-order valence-electron chi connectivity index (χ1n) is 9.86. The van der Waals surface area contributed by atoms with Crippen LogP contribution in [-0.2, 0) is 0 Å². The minimum absolute atomic E-state index is 0.0557. The van der Waals surface area contributed by atoms with Gasteiger partial charge in [-0.05, 0) is 81.3 Å². The van der Waals surface area contributed by atoms with Crippen molar-refractivity contribution in [2.45, 2.75) is 26.7 Å². The largest absolute Gasteiger partial charge is 0.339 e. The van der Waals surface area contributed by atoms with E-state index in [1.807, 2.05) is 41.6 Å². The first-order valence-corrected chi connectivity index (χ1v) is 9.86. The molecular weight excluding hydrogens is 364 g/mol. The number of rotatable bonds is 4. The van der Waals surface area contributed by atoms with Crippen molar-refractivity contribution in [3.63, 3.8) is 0 Å². The molecule has 6 heteroatoms. The van der Waals surface area contributed by atoms with Gasteiger partial charge in [0.1, 0.15) is 0 Å². The molecule has 2 heterocycles. The van der Waals surface area contributed by atoms with Crippen LogP contribution in [0.5, 0.6) is 0 Å². The van der Waals surface area contributed by atoms with Crippen molar-refractivity contribution in [1.82, 2.24) is 14.7 Å². The lowest BCUT2D eigenvalue weighted by atomic mass is 10.1. The zero-order valence-electron chi connectivity index (χ0n) is 16.7. The number of nitrogens with zero attached hydrogens (tertiary/aromatic N) is 3. The molecule has 1 fully saturated rings. The molecule has 3 aromatic rings. The van der Waals surface area contributed by atoms with E-state index in [4.69, 9.17) is 0 Å². The Balaban J connectivity index is 1.42. The fourth-order valence-corrected chi connectivity index (χ4v) is 3.65. The minimum atomic E-state index is -0.191. The van der Waals surface area contributed by atoms with Gasteiger partial charge in [0, 0.05) is 35.6 Å². The molecule has 2 amide bonds. The van der Waals surface area contributed by atoms with E-state index in [0.717, 1.165) is 43.0 Å². The number of benzene rings is 2. The van der Waals surface area contributed by atoms with E-state index in [2.05, 4.69) is 10.4 Å². The van der Waals surface area contributed by atoms with Crippen LogP contribution >= 0.6 is 0 Å². The van der Waals surface area contributed by atoms with Crippen molar-refractivity contribution < 1.29 is 9.59 Å². The van der Waals surface area contributed by atoms with Gasteiger partial charge in [0.05, 0.1) is 11.4 Å². The van der Waals surface area contributed by atoms with Crippen LogP contribution in [0.25, 0.3) is 5.69 Å². The first kappa shape index (κ1) is 18.9. The van der Waals surface area contributed by atoms with Crippen molar-refractivity contribution in [2.75, 3.05) is 18.4 Å². The van der Waals surface area contributed by atoms with E-state index in [1.54, 1.807) is 36.4 Å². The van der Waals surface area contributed by atoms with E-state index < -0.39 is 0 Å². The highest BCUT2D eigenvalue weighted by atomic mass is 16.2. The van der Waals surface area contributed by atoms with Gasteiger partial charge in [0.15, 0.2) is 0 Å². The van der Waals surface area contributed by atoms with Crippen LogP contribution in [0, 0.1) is 13.8 Å². The maximum absolute atomic E-state index is 12.6. The summed E-state index contributed by atoms with van der Waals surface area (Å²) in [5, 5.41) is 7.34. The van der Waals surface area contributed by atoms with E-state index in [-0.39, 0.29) is 11.8 Å². The summed E-state index contributed by atoms with van der Waals surface area (Å²) in [6.45, 7) is 5.60. The summed E-state index contributed by atoms with van der Waals surface area (Å²) in [7, 11) is 0. The van der Waals surface area contributed by atoms with Crippen LogP contribution in [-0.4, -0.2) is 39.6 Å². The number of nitrogens with one attached hydrogen (secondary N) is 1. The van der Waals surface area contributed by atoms with E-state index in [0.29, 0.717) is 16.8 Å². The number of aromatic nitrogens is 2. The molecular formula is C23H24N4O2. The molecule has 1 aromatic heterocycles. The zero-order chi connectivity index (χ0) is 20.4. The normalized spacial score (nSPS) is 13.5. The first-order chi connectivity index (χ1) is 14.0. The van der Waals surface area contributed by atoms with Gasteiger partial charge in [-0.3, -0.25) is 9.59 Å². The number of likely N-dealkylation sites (tertiary alicyclic amines) is 1. The number of aryl methyl sites for hydroxylation is 2. The van der Waals surface area contributed by atoms with Gasteiger partial charge in [-0.15, -0.1) is 0 Å². The molecule has 0 unspecified atom stereocenters. The molecule has 29 heavy (non-hydrogen) atoms. The van der Waals surface area contributed by atoms with Gasteiger partial charge in [-0.1, -0.05) is 0 Å². The van der Waals surface area contributed by atoms with Crippen LogP contribution < -0.4 is 5.32 Å². The minimum Gasteiger partial charge on any atom is -0.339 e. The topological polar surface area (TPSA) is 67.2 Å². The zero-order valence-corrected chi connectivity index (χ0v) is 16.7. The molecule has 2 aromatic carbocycles. The number of amides is 2. The number of anilines is 1. The summed E-state index contributed by atoms with van der Waals surface area (Å²) < 4.78 is 1.85. The van der Waals surface area contributed by atoms with Crippen molar-refractivity contribution >= 4 is 17.5 Å². The lowest BCUT2D eigenvalue weighted by Crippen LogP contribution is -2.27. The quantitative estimate of drug-likeness (QED) is 0.735. The average Bonchev–Trinajstić information content (AvgIpc) is 3.38. The molecule has 0 saturated carbocycles. The number of carbonyl (C=O) groups excluding carboxylic acids is 2. The van der Waals surface area contributed by atoms with Gasteiger partial charge in [0.2, 0.25) is 0 Å². The molecule has 0 spiro atoms. The van der Waals surface area contributed by atoms with Crippen molar-refractivity contribution in [2.24, 2.45) is 0 Å². The number of hydrogen-bond acceptors (Lipinski definition) is 3. The molecule has 0 bridgehead atoms. The second kappa shape index (κ2) is 7.91. The molecule has 1 N–H and O–H groups in total. The number of carbonyl (C=O) groups is 2. The van der Waals surface area contributed by atoms with Crippen LogP contribution in [0.4, 0.5) is 5.69 Å². The summed E-state index contributed by atoms with van der Waals surface area (Å²) in [5.41, 5.74) is 4.79. The van der Waals surface area contributed by atoms with Gasteiger partial charge >= 0.3 is 0 Å². The molecule has 0 aliphatic carbocycles. The van der Waals surface area contributed by atoms with Crippen molar-refractivity contribution in [3.8, 4) is 5.69 Å². The Labute approximate surface area is 170 Å². The Hall–Kier alpha value is -3.41. The van der Waals surface area contributed by atoms with Crippen molar-refractivity contribution in [3.05, 3.63) is 77.1 Å². The van der Waals surface area contributed by atoms with E-state index in [9.17, 15) is 9.59 Å². The van der Waals surface area contributed by atoms with Crippen LogP contribution in [0.2, 0.25) is 0 Å². The molecule has 1 aliphatic rings. The van der Waals surface area contributed by atoms with E-state index in [1.165, 1.54) is 0 Å². The molecule has 1 aliphatic heterocycles. The summed E-state index contributed by atoms with van der Waals surface area (Å²) >= 11 is 0. The average molecular weight is 388 g/mol. The third-order valence-electron chi connectivity index (χ3n) is 5.17. The maximum atomic E-state index is 12.6. The van der Waals surface area contributed by atoms with Gasteiger partial charge < -0.3 is 10.2 Å². The molecule has 0 radical (unpaired) electrons. The molecule has 148 valence electrons. The van der Waals surface area contributed by atoms with E-state index >= 15 is 0 Å².